The fourth-order valence-corrected chi connectivity index (χ4v) is 4.26. The van der Waals surface area contributed by atoms with Crippen LogP contribution in [0.2, 0.25) is 0 Å². The molecule has 0 fully saturated rings. The molecule has 6 heteroatoms. The van der Waals surface area contributed by atoms with Crippen LogP contribution in [0.1, 0.15) is 43.2 Å². The Bertz CT molecular complexity index is 1080. The first-order valence-electron chi connectivity index (χ1n) is 10.3. The molecule has 0 aromatic heterocycles. The summed E-state index contributed by atoms with van der Waals surface area (Å²) in [7, 11) is 1.47. The van der Waals surface area contributed by atoms with E-state index in [0.717, 1.165) is 24.1 Å². The Morgan fingerprint density at radius 2 is 1.94 bits per heavy atom. The zero-order valence-corrected chi connectivity index (χ0v) is 17.6. The minimum Gasteiger partial charge on any atom is -0.504 e. The molecule has 0 saturated heterocycles. The minimum absolute atomic E-state index is 0.00161. The van der Waals surface area contributed by atoms with Gasteiger partial charge in [-0.05, 0) is 43.0 Å². The van der Waals surface area contributed by atoms with Crippen LogP contribution in [-0.4, -0.2) is 24.0 Å². The number of benzene rings is 2. The maximum atomic E-state index is 13.2. The second-order valence-electron chi connectivity index (χ2n) is 7.76. The van der Waals surface area contributed by atoms with E-state index in [2.05, 4.69) is 5.32 Å². The summed E-state index contributed by atoms with van der Waals surface area (Å²) >= 11 is 0. The number of esters is 1. The molecule has 1 atom stereocenters. The van der Waals surface area contributed by atoms with E-state index in [1.807, 2.05) is 37.3 Å². The van der Waals surface area contributed by atoms with Crippen molar-refractivity contribution in [3.8, 4) is 11.5 Å². The Morgan fingerprint density at radius 1 is 1.16 bits per heavy atom. The number of carbonyl (C=O) groups is 2. The first-order valence-corrected chi connectivity index (χ1v) is 10.3. The molecule has 2 aliphatic rings. The number of carbonyl (C=O) groups excluding carboxylic acids is 2. The standard InChI is InChI=1S/C25H25NO5/c1-15-22(25(29)31-14-16-7-4-3-5-8-16)23(17-11-12-19(27)21(13-17)30-2)24-18(26-15)9-6-10-20(24)28/h3-5,7-8,11-13,23,26-27H,6,9-10,14H2,1-2H3. The second kappa shape index (κ2) is 8.68. The number of dihydropyridines is 1. The fourth-order valence-electron chi connectivity index (χ4n) is 4.26. The zero-order valence-electron chi connectivity index (χ0n) is 17.6. The van der Waals surface area contributed by atoms with Crippen LogP contribution in [-0.2, 0) is 20.9 Å². The molecular weight excluding hydrogens is 394 g/mol. The topological polar surface area (TPSA) is 84.9 Å². The number of aromatic hydroxyl groups is 1. The Kier molecular flexibility index (Phi) is 5.80. The molecule has 0 amide bonds. The molecule has 2 N–H and O–H groups in total. The predicted molar refractivity (Wildman–Crippen MR) is 115 cm³/mol. The monoisotopic (exact) mass is 419 g/mol. The van der Waals surface area contributed by atoms with Crippen LogP contribution >= 0.6 is 0 Å². The van der Waals surface area contributed by atoms with E-state index in [1.165, 1.54) is 13.2 Å². The van der Waals surface area contributed by atoms with Crippen molar-refractivity contribution >= 4 is 11.8 Å². The van der Waals surface area contributed by atoms with Gasteiger partial charge in [-0.3, -0.25) is 4.79 Å². The average molecular weight is 419 g/mol. The number of ketones is 1. The Hall–Kier alpha value is -3.54. The van der Waals surface area contributed by atoms with Crippen molar-refractivity contribution in [1.29, 1.82) is 0 Å². The van der Waals surface area contributed by atoms with Gasteiger partial charge in [0, 0.05) is 29.3 Å². The van der Waals surface area contributed by atoms with Gasteiger partial charge < -0.3 is 19.9 Å². The highest BCUT2D eigenvalue weighted by Gasteiger charge is 2.39. The lowest BCUT2D eigenvalue weighted by molar-refractivity contribution is -0.140. The summed E-state index contributed by atoms with van der Waals surface area (Å²) in [4.78, 5) is 26.2. The van der Waals surface area contributed by atoms with Crippen LogP contribution in [0.4, 0.5) is 0 Å². The van der Waals surface area contributed by atoms with Crippen LogP contribution in [0.5, 0.6) is 11.5 Å². The first kappa shape index (κ1) is 20.7. The van der Waals surface area contributed by atoms with Gasteiger partial charge in [-0.15, -0.1) is 0 Å². The number of ether oxygens (including phenoxy) is 2. The molecule has 1 aliphatic carbocycles. The van der Waals surface area contributed by atoms with Gasteiger partial charge in [0.15, 0.2) is 17.3 Å². The van der Waals surface area contributed by atoms with E-state index in [-0.39, 0.29) is 23.9 Å². The van der Waals surface area contributed by atoms with E-state index in [0.29, 0.717) is 28.8 Å². The first-order chi connectivity index (χ1) is 15.0. The highest BCUT2D eigenvalue weighted by atomic mass is 16.5. The van der Waals surface area contributed by atoms with Crippen molar-refractivity contribution in [1.82, 2.24) is 5.32 Å². The van der Waals surface area contributed by atoms with Gasteiger partial charge in [0.25, 0.3) is 0 Å². The van der Waals surface area contributed by atoms with Crippen LogP contribution in [0.3, 0.4) is 0 Å². The van der Waals surface area contributed by atoms with E-state index in [4.69, 9.17) is 9.47 Å². The molecule has 2 aromatic rings. The van der Waals surface area contributed by atoms with Gasteiger partial charge in [-0.1, -0.05) is 36.4 Å². The van der Waals surface area contributed by atoms with Crippen molar-refractivity contribution in [3.63, 3.8) is 0 Å². The summed E-state index contributed by atoms with van der Waals surface area (Å²) in [5.41, 5.74) is 4.10. The van der Waals surface area contributed by atoms with E-state index in [9.17, 15) is 14.7 Å². The Balaban J connectivity index is 1.74. The van der Waals surface area contributed by atoms with Crippen LogP contribution < -0.4 is 10.1 Å². The van der Waals surface area contributed by atoms with Crippen molar-refractivity contribution in [2.24, 2.45) is 0 Å². The maximum absolute atomic E-state index is 13.2. The van der Waals surface area contributed by atoms with Gasteiger partial charge in [0.1, 0.15) is 6.61 Å². The zero-order chi connectivity index (χ0) is 22.0. The molecule has 160 valence electrons. The third-order valence-electron chi connectivity index (χ3n) is 5.75. The number of hydrogen-bond donors (Lipinski definition) is 2. The molecule has 0 spiro atoms. The quantitative estimate of drug-likeness (QED) is 0.710. The molecule has 1 unspecified atom stereocenters. The number of allylic oxidation sites excluding steroid dienone is 3. The van der Waals surface area contributed by atoms with Crippen LogP contribution in [0.15, 0.2) is 71.1 Å². The number of hydrogen-bond acceptors (Lipinski definition) is 6. The van der Waals surface area contributed by atoms with Gasteiger partial charge in [-0.25, -0.2) is 4.79 Å². The molecule has 4 rings (SSSR count). The van der Waals surface area contributed by atoms with Crippen LogP contribution in [0.25, 0.3) is 0 Å². The van der Waals surface area contributed by atoms with Crippen molar-refractivity contribution in [3.05, 3.63) is 82.2 Å². The van der Waals surface area contributed by atoms with Gasteiger partial charge in [0.05, 0.1) is 12.7 Å². The molecule has 0 saturated carbocycles. The van der Waals surface area contributed by atoms with Crippen LogP contribution in [0, 0.1) is 0 Å². The summed E-state index contributed by atoms with van der Waals surface area (Å²) in [5.74, 6) is -0.751. The lowest BCUT2D eigenvalue weighted by Crippen LogP contribution is -2.34. The lowest BCUT2D eigenvalue weighted by Gasteiger charge is -2.34. The van der Waals surface area contributed by atoms with E-state index < -0.39 is 11.9 Å². The third kappa shape index (κ3) is 4.06. The lowest BCUT2D eigenvalue weighted by atomic mass is 9.75. The molecule has 6 nitrogen and oxygen atoms in total. The SMILES string of the molecule is COc1cc(C2C(C(=O)OCc3ccccc3)=C(C)NC3=C2C(=O)CCC3)ccc1O. The minimum atomic E-state index is -0.582. The van der Waals surface area contributed by atoms with Gasteiger partial charge >= 0.3 is 5.97 Å². The van der Waals surface area contributed by atoms with E-state index in [1.54, 1.807) is 12.1 Å². The number of phenols is 1. The van der Waals surface area contributed by atoms with Crippen molar-refractivity contribution < 1.29 is 24.2 Å². The normalized spacial score (nSPS) is 18.4. The molecule has 0 bridgehead atoms. The maximum Gasteiger partial charge on any atom is 0.337 e. The number of rotatable bonds is 5. The summed E-state index contributed by atoms with van der Waals surface area (Å²) in [6.45, 7) is 1.97. The highest BCUT2D eigenvalue weighted by molar-refractivity contribution is 6.03. The molecular formula is C25H25NO5. The molecule has 31 heavy (non-hydrogen) atoms. The number of Topliss-reactive ketones (excluding diaryl/α,β-unsaturated/α-hetero) is 1. The summed E-state index contributed by atoms with van der Waals surface area (Å²) in [6.07, 6.45) is 1.96. The average Bonchev–Trinajstić information content (AvgIpc) is 2.78. The molecule has 1 aliphatic heterocycles. The second-order valence-corrected chi connectivity index (χ2v) is 7.76. The largest absolute Gasteiger partial charge is 0.504 e. The molecule has 0 radical (unpaired) electrons. The van der Waals surface area contributed by atoms with Crippen molar-refractivity contribution in [2.75, 3.05) is 7.11 Å². The van der Waals surface area contributed by atoms with E-state index >= 15 is 0 Å². The smallest absolute Gasteiger partial charge is 0.337 e. The Morgan fingerprint density at radius 3 is 2.68 bits per heavy atom. The van der Waals surface area contributed by atoms with Crippen molar-refractivity contribution in [2.45, 2.75) is 38.7 Å². The number of phenolic OH excluding ortho intramolecular Hbond substituents is 1. The Labute approximate surface area is 181 Å². The molecule has 2 aromatic carbocycles. The predicted octanol–water partition coefficient (Wildman–Crippen LogP) is 4.11. The fraction of sp³-hybridized carbons (Fsp3) is 0.280. The summed E-state index contributed by atoms with van der Waals surface area (Å²) < 4.78 is 10.9. The number of methoxy groups -OCH3 is 1. The molecule has 1 heterocycles. The summed E-state index contributed by atoms with van der Waals surface area (Å²) in [5, 5.41) is 13.3. The van der Waals surface area contributed by atoms with Gasteiger partial charge in [-0.2, -0.15) is 0 Å². The summed E-state index contributed by atoms with van der Waals surface area (Å²) in [6, 6.07) is 14.4. The third-order valence-corrected chi connectivity index (χ3v) is 5.75. The number of nitrogens with one attached hydrogen (secondary N) is 1. The van der Waals surface area contributed by atoms with Gasteiger partial charge in [0.2, 0.25) is 0 Å². The highest BCUT2D eigenvalue weighted by Crippen LogP contribution is 2.44.